The van der Waals surface area contributed by atoms with E-state index in [0.717, 1.165) is 5.33 Å². The summed E-state index contributed by atoms with van der Waals surface area (Å²) in [6, 6.07) is 18.9. The third-order valence-corrected chi connectivity index (χ3v) is 3.17. The molecule has 2 rings (SSSR count). The van der Waals surface area contributed by atoms with Gasteiger partial charge in [-0.1, -0.05) is 76.1 Å². The minimum Gasteiger partial charge on any atom is -0.368 e. The maximum absolute atomic E-state index is 5.96. The van der Waals surface area contributed by atoms with E-state index in [9.17, 15) is 0 Å². The highest BCUT2D eigenvalue weighted by Crippen LogP contribution is 2.26. The van der Waals surface area contributed by atoms with Crippen LogP contribution in [0.25, 0.3) is 0 Å². The molecule has 2 aromatic rings. The van der Waals surface area contributed by atoms with Crippen LogP contribution >= 0.6 is 15.9 Å². The van der Waals surface area contributed by atoms with Gasteiger partial charge in [-0.3, -0.25) is 0 Å². The van der Waals surface area contributed by atoms with Crippen molar-refractivity contribution in [2.75, 3.05) is 11.9 Å². The first-order chi connectivity index (χ1) is 8.81. The van der Waals surface area contributed by atoms with Crippen LogP contribution in [0.3, 0.4) is 0 Å². The molecule has 0 spiro atoms. The molecule has 0 bridgehead atoms. The number of aryl methyl sites for hydroxylation is 1. The van der Waals surface area contributed by atoms with Gasteiger partial charge in [0.25, 0.3) is 0 Å². The Kier molecular flexibility index (Phi) is 4.97. The molecule has 0 saturated carbocycles. The van der Waals surface area contributed by atoms with Gasteiger partial charge in [-0.2, -0.15) is 0 Å². The fourth-order valence-electron chi connectivity index (χ4n) is 1.92. The second-order valence-corrected chi connectivity index (χ2v) is 5.05. The van der Waals surface area contributed by atoms with Crippen molar-refractivity contribution in [3.63, 3.8) is 0 Å². The van der Waals surface area contributed by atoms with Gasteiger partial charge in [0, 0.05) is 5.33 Å². The summed E-state index contributed by atoms with van der Waals surface area (Å²) in [7, 11) is 0. The molecule has 0 radical (unpaired) electrons. The first kappa shape index (κ1) is 13.3. The van der Waals surface area contributed by atoms with Gasteiger partial charge in [0.1, 0.15) is 6.10 Å². The molecule has 0 amide bonds. The molecule has 0 aliphatic rings. The highest BCUT2D eigenvalue weighted by Gasteiger charge is 2.13. The average Bonchev–Trinajstić information content (AvgIpc) is 2.42. The summed E-state index contributed by atoms with van der Waals surface area (Å²) < 4.78 is 5.96. The van der Waals surface area contributed by atoms with Crippen molar-refractivity contribution >= 4 is 15.9 Å². The van der Waals surface area contributed by atoms with E-state index in [4.69, 9.17) is 4.74 Å². The molecule has 18 heavy (non-hydrogen) atoms. The molecule has 94 valence electrons. The molecule has 2 heteroatoms. The molecule has 1 nitrogen and oxygen atoms in total. The third kappa shape index (κ3) is 3.44. The maximum atomic E-state index is 5.96. The summed E-state index contributed by atoms with van der Waals surface area (Å²) in [4.78, 5) is 0. The van der Waals surface area contributed by atoms with Crippen molar-refractivity contribution < 1.29 is 4.74 Å². The third-order valence-electron chi connectivity index (χ3n) is 2.84. The lowest BCUT2D eigenvalue weighted by Crippen LogP contribution is -2.08. The van der Waals surface area contributed by atoms with Gasteiger partial charge in [-0.25, -0.2) is 0 Å². The first-order valence-corrected chi connectivity index (χ1v) is 7.22. The molecule has 1 unspecified atom stereocenters. The quantitative estimate of drug-likeness (QED) is 0.739. The summed E-state index contributed by atoms with van der Waals surface area (Å²) in [5.41, 5.74) is 3.67. The van der Waals surface area contributed by atoms with Crippen molar-refractivity contribution in [3.05, 3.63) is 71.3 Å². The molecule has 0 aliphatic carbocycles. The van der Waals surface area contributed by atoms with Crippen LogP contribution in [0.2, 0.25) is 0 Å². The zero-order valence-electron chi connectivity index (χ0n) is 10.5. The number of hydrogen-bond acceptors (Lipinski definition) is 1. The van der Waals surface area contributed by atoms with E-state index >= 15 is 0 Å². The van der Waals surface area contributed by atoms with Crippen molar-refractivity contribution in [1.29, 1.82) is 0 Å². The van der Waals surface area contributed by atoms with E-state index in [-0.39, 0.29) is 6.10 Å². The highest BCUT2D eigenvalue weighted by atomic mass is 79.9. The number of benzene rings is 2. The average molecular weight is 305 g/mol. The lowest BCUT2D eigenvalue weighted by atomic mass is 10.0. The standard InChI is InChI=1S/C16H17BrO/c1-13-7-9-15(10-8-13)16(18-12-11-17)14-5-3-2-4-6-14/h2-10,16H,11-12H2,1H3. The van der Waals surface area contributed by atoms with Crippen molar-refractivity contribution in [3.8, 4) is 0 Å². The van der Waals surface area contributed by atoms with E-state index < -0.39 is 0 Å². The second-order valence-electron chi connectivity index (χ2n) is 4.26. The second kappa shape index (κ2) is 6.72. The van der Waals surface area contributed by atoms with E-state index in [0.29, 0.717) is 6.61 Å². The van der Waals surface area contributed by atoms with Crippen LogP contribution in [0.4, 0.5) is 0 Å². The summed E-state index contributed by atoms with van der Waals surface area (Å²) in [5, 5.41) is 0.849. The molecular formula is C16H17BrO. The van der Waals surface area contributed by atoms with Gasteiger partial charge in [0.2, 0.25) is 0 Å². The van der Waals surface area contributed by atoms with Crippen LogP contribution in [-0.2, 0) is 4.74 Å². The lowest BCUT2D eigenvalue weighted by Gasteiger charge is -2.18. The molecule has 0 fully saturated rings. The Balaban J connectivity index is 2.27. The zero-order chi connectivity index (χ0) is 12.8. The summed E-state index contributed by atoms with van der Waals surface area (Å²) >= 11 is 3.41. The molecule has 0 aromatic heterocycles. The Morgan fingerprint density at radius 3 is 2.17 bits per heavy atom. The fourth-order valence-corrected chi connectivity index (χ4v) is 2.10. The molecule has 0 N–H and O–H groups in total. The summed E-state index contributed by atoms with van der Waals surface area (Å²) in [5.74, 6) is 0. The Morgan fingerprint density at radius 2 is 1.56 bits per heavy atom. The van der Waals surface area contributed by atoms with Crippen LogP contribution in [0.5, 0.6) is 0 Å². The van der Waals surface area contributed by atoms with E-state index in [2.05, 4.69) is 59.3 Å². The minimum atomic E-state index is 0.0179. The summed E-state index contributed by atoms with van der Waals surface area (Å²) in [6.07, 6.45) is 0.0179. The van der Waals surface area contributed by atoms with Gasteiger partial charge in [-0.15, -0.1) is 0 Å². The number of ether oxygens (including phenoxy) is 1. The van der Waals surface area contributed by atoms with Gasteiger partial charge in [0.15, 0.2) is 0 Å². The lowest BCUT2D eigenvalue weighted by molar-refractivity contribution is 0.0940. The van der Waals surface area contributed by atoms with Gasteiger partial charge in [-0.05, 0) is 18.1 Å². The fraction of sp³-hybridized carbons (Fsp3) is 0.250. The topological polar surface area (TPSA) is 9.23 Å². The van der Waals surface area contributed by atoms with E-state index in [1.807, 2.05) is 18.2 Å². The predicted molar refractivity (Wildman–Crippen MR) is 79.2 cm³/mol. The van der Waals surface area contributed by atoms with Gasteiger partial charge < -0.3 is 4.74 Å². The van der Waals surface area contributed by atoms with Gasteiger partial charge in [0.05, 0.1) is 6.61 Å². The van der Waals surface area contributed by atoms with Crippen LogP contribution < -0.4 is 0 Å². The highest BCUT2D eigenvalue weighted by molar-refractivity contribution is 9.09. The van der Waals surface area contributed by atoms with Crippen LogP contribution in [0.15, 0.2) is 54.6 Å². The largest absolute Gasteiger partial charge is 0.368 e. The van der Waals surface area contributed by atoms with Gasteiger partial charge >= 0.3 is 0 Å². The summed E-state index contributed by atoms with van der Waals surface area (Å²) in [6.45, 7) is 2.80. The monoisotopic (exact) mass is 304 g/mol. The molecule has 1 atom stereocenters. The number of alkyl halides is 1. The molecule has 0 aliphatic heterocycles. The normalized spacial score (nSPS) is 12.3. The zero-order valence-corrected chi connectivity index (χ0v) is 12.1. The maximum Gasteiger partial charge on any atom is 0.108 e. The Labute approximate surface area is 117 Å². The number of rotatable bonds is 5. The number of halogens is 1. The van der Waals surface area contributed by atoms with Crippen molar-refractivity contribution in [2.45, 2.75) is 13.0 Å². The Morgan fingerprint density at radius 1 is 0.944 bits per heavy atom. The smallest absolute Gasteiger partial charge is 0.108 e. The van der Waals surface area contributed by atoms with Crippen LogP contribution in [-0.4, -0.2) is 11.9 Å². The van der Waals surface area contributed by atoms with Crippen molar-refractivity contribution in [2.24, 2.45) is 0 Å². The van der Waals surface area contributed by atoms with E-state index in [1.165, 1.54) is 16.7 Å². The molecular weight excluding hydrogens is 288 g/mol. The molecule has 2 aromatic carbocycles. The van der Waals surface area contributed by atoms with Crippen LogP contribution in [0.1, 0.15) is 22.8 Å². The van der Waals surface area contributed by atoms with E-state index in [1.54, 1.807) is 0 Å². The molecule has 0 saturated heterocycles. The Hall–Kier alpha value is -1.12. The van der Waals surface area contributed by atoms with Crippen LogP contribution in [0, 0.1) is 6.92 Å². The van der Waals surface area contributed by atoms with Crippen molar-refractivity contribution in [1.82, 2.24) is 0 Å². The SMILES string of the molecule is Cc1ccc(C(OCCBr)c2ccccc2)cc1. The first-order valence-electron chi connectivity index (χ1n) is 6.10. The Bertz CT molecular complexity index is 464. The minimum absolute atomic E-state index is 0.0179. The number of hydrogen-bond donors (Lipinski definition) is 0. The predicted octanol–water partition coefficient (Wildman–Crippen LogP) is 4.50. The molecule has 0 heterocycles.